The summed E-state index contributed by atoms with van der Waals surface area (Å²) in [7, 11) is 3.83. The van der Waals surface area contributed by atoms with Crippen molar-refractivity contribution in [2.45, 2.75) is 0 Å². The van der Waals surface area contributed by atoms with E-state index in [2.05, 4.69) is 0 Å². The van der Waals surface area contributed by atoms with Crippen LogP contribution in [0.4, 0.5) is 0 Å². The van der Waals surface area contributed by atoms with E-state index in [0.29, 0.717) is 5.78 Å². The molecule has 2 aliphatic rings. The van der Waals surface area contributed by atoms with Crippen molar-refractivity contribution in [1.29, 1.82) is 0 Å². The van der Waals surface area contributed by atoms with E-state index in [1.165, 1.54) is 5.08 Å². The summed E-state index contributed by atoms with van der Waals surface area (Å²) in [6.07, 6.45) is 0. The summed E-state index contributed by atoms with van der Waals surface area (Å²) < 4.78 is 0. The summed E-state index contributed by atoms with van der Waals surface area (Å²) in [5, 5.41) is 2.44. The quantitative estimate of drug-likeness (QED) is 0.436. The van der Waals surface area contributed by atoms with Gasteiger partial charge in [0.25, 0.3) is 0 Å². The minimum absolute atomic E-state index is 0.0312. The van der Waals surface area contributed by atoms with Crippen LogP contribution < -0.4 is 0 Å². The Morgan fingerprint density at radius 1 is 1.06 bits per heavy atom. The van der Waals surface area contributed by atoms with Gasteiger partial charge in [0.15, 0.2) is 11.6 Å². The Morgan fingerprint density at radius 3 is 1.62 bits per heavy atom. The van der Waals surface area contributed by atoms with E-state index >= 15 is 0 Å². The second-order valence-corrected chi connectivity index (χ2v) is 8.21. The molecule has 0 radical (unpaired) electrons. The molecule has 0 amide bonds. The maximum Gasteiger partial charge on any atom is 0.162 e. The van der Waals surface area contributed by atoms with Gasteiger partial charge in [-0.15, -0.1) is 46.7 Å². The molecule has 0 aromatic heterocycles. The minimum atomic E-state index is -0.127. The van der Waals surface area contributed by atoms with Crippen molar-refractivity contribution in [2.24, 2.45) is 0 Å². The van der Waals surface area contributed by atoms with Crippen LogP contribution in [0.3, 0.4) is 0 Å². The third-order valence-corrected chi connectivity index (χ3v) is 5.03. The topological polar surface area (TPSA) is 34.1 Å². The molecule has 8 heteroatoms. The standard InChI is InChI=1S/C4H6OS2.C3H4Cl2O.CH2S2/c5-4-1-6-3-7-2-4;4-1-3(6)2-5;1-2-3-1/h1-3H2;1-2H2;1H2. The number of carbonyl (C=O) groups is 2. The molecule has 2 fully saturated rings. The van der Waals surface area contributed by atoms with Gasteiger partial charge in [-0.2, -0.15) is 0 Å². The van der Waals surface area contributed by atoms with E-state index in [1.54, 1.807) is 23.5 Å². The van der Waals surface area contributed by atoms with Gasteiger partial charge in [0.2, 0.25) is 0 Å². The van der Waals surface area contributed by atoms with Gasteiger partial charge in [-0.3, -0.25) is 9.59 Å². The molecule has 0 unspecified atom stereocenters. The molecule has 94 valence electrons. The summed E-state index contributed by atoms with van der Waals surface area (Å²) >= 11 is 13.5. The van der Waals surface area contributed by atoms with Crippen LogP contribution in [0.25, 0.3) is 0 Å². The van der Waals surface area contributed by atoms with Crippen molar-refractivity contribution in [3.05, 3.63) is 0 Å². The van der Waals surface area contributed by atoms with Crippen LogP contribution in [0.5, 0.6) is 0 Å². The van der Waals surface area contributed by atoms with Gasteiger partial charge in [0.1, 0.15) is 0 Å². The van der Waals surface area contributed by atoms with E-state index in [0.717, 1.165) is 16.6 Å². The molecular formula is C8H12Cl2O2S4. The number of rotatable bonds is 2. The van der Waals surface area contributed by atoms with Crippen LogP contribution in [-0.4, -0.2) is 45.0 Å². The molecule has 2 aliphatic heterocycles. The molecule has 0 aliphatic carbocycles. The predicted octanol–water partition coefficient (Wildman–Crippen LogP) is 3.37. The summed E-state index contributed by atoms with van der Waals surface area (Å²) in [6.45, 7) is 0. The van der Waals surface area contributed by atoms with Crippen LogP contribution in [0.15, 0.2) is 0 Å². The number of Topliss-reactive ketones (excluding diaryl/α,β-unsaturated/α-hetero) is 2. The Bertz CT molecular complexity index is 197. The van der Waals surface area contributed by atoms with Crippen LogP contribution in [-0.2, 0) is 9.59 Å². The van der Waals surface area contributed by atoms with Crippen molar-refractivity contribution in [1.82, 2.24) is 0 Å². The van der Waals surface area contributed by atoms with E-state index in [-0.39, 0.29) is 17.5 Å². The Kier molecular flexibility index (Phi) is 13.8. The highest BCUT2D eigenvalue weighted by Gasteiger charge is 2.06. The average Bonchev–Trinajstić information content (AvgIpc) is 3.17. The van der Waals surface area contributed by atoms with Crippen molar-refractivity contribution < 1.29 is 9.59 Å². The summed E-state index contributed by atoms with van der Waals surface area (Å²) in [5.41, 5.74) is 0. The van der Waals surface area contributed by atoms with Crippen molar-refractivity contribution in [2.75, 3.05) is 33.4 Å². The smallest absolute Gasteiger partial charge is 0.162 e. The Hall–Kier alpha value is 1.32. The summed E-state index contributed by atoms with van der Waals surface area (Å²) in [4.78, 5) is 20.3. The van der Waals surface area contributed by atoms with Crippen LogP contribution in [0.2, 0.25) is 0 Å². The lowest BCUT2D eigenvalue weighted by atomic mass is 10.5. The third-order valence-electron chi connectivity index (χ3n) is 1.11. The van der Waals surface area contributed by atoms with Crippen LogP contribution >= 0.6 is 68.3 Å². The maximum absolute atomic E-state index is 10.4. The largest absolute Gasteiger partial charge is 0.298 e. The Balaban J connectivity index is 0.000000226. The molecule has 16 heavy (non-hydrogen) atoms. The van der Waals surface area contributed by atoms with Crippen LogP contribution in [0.1, 0.15) is 0 Å². The fourth-order valence-corrected chi connectivity index (χ4v) is 2.66. The highest BCUT2D eigenvalue weighted by atomic mass is 35.5. The number of halogens is 2. The zero-order valence-electron chi connectivity index (χ0n) is 8.45. The molecule has 2 nitrogen and oxygen atoms in total. The molecule has 0 N–H and O–H groups in total. The van der Waals surface area contributed by atoms with E-state index in [1.807, 2.05) is 21.6 Å². The zero-order valence-corrected chi connectivity index (χ0v) is 13.2. The number of hydrogen-bond acceptors (Lipinski definition) is 6. The highest BCUT2D eigenvalue weighted by molar-refractivity contribution is 8.92. The van der Waals surface area contributed by atoms with Gasteiger partial charge < -0.3 is 0 Å². The average molecular weight is 339 g/mol. The first-order valence-corrected chi connectivity index (χ1v) is 10.1. The second-order valence-electron chi connectivity index (χ2n) is 2.51. The number of hydrogen-bond donors (Lipinski definition) is 0. The van der Waals surface area contributed by atoms with E-state index in [9.17, 15) is 9.59 Å². The molecule has 2 heterocycles. The van der Waals surface area contributed by atoms with Gasteiger partial charge in [-0.25, -0.2) is 0 Å². The third kappa shape index (κ3) is 15.3. The number of alkyl halides is 2. The molecule has 0 bridgehead atoms. The van der Waals surface area contributed by atoms with Crippen molar-refractivity contribution in [3.63, 3.8) is 0 Å². The summed E-state index contributed by atoms with van der Waals surface area (Å²) in [5.74, 6) is 1.81. The number of thioether (sulfide) groups is 2. The summed E-state index contributed by atoms with van der Waals surface area (Å²) in [6, 6.07) is 0. The SMILES string of the molecule is C1SS1.O=C(CCl)CCl.O=C1CSCSC1. The maximum atomic E-state index is 10.4. The fraction of sp³-hybridized carbons (Fsp3) is 0.750. The first-order valence-electron chi connectivity index (χ1n) is 4.26. The lowest BCUT2D eigenvalue weighted by molar-refractivity contribution is -0.115. The molecule has 2 saturated heterocycles. The highest BCUT2D eigenvalue weighted by Crippen LogP contribution is 2.41. The van der Waals surface area contributed by atoms with Gasteiger partial charge in [-0.1, -0.05) is 21.6 Å². The van der Waals surface area contributed by atoms with Gasteiger partial charge >= 0.3 is 0 Å². The first-order chi connectivity index (χ1) is 7.70. The minimum Gasteiger partial charge on any atom is -0.298 e. The predicted molar refractivity (Wildman–Crippen MR) is 81.3 cm³/mol. The molecular weight excluding hydrogens is 327 g/mol. The Labute approximate surface area is 122 Å². The molecule has 0 saturated carbocycles. The molecule has 0 atom stereocenters. The Morgan fingerprint density at radius 2 is 1.50 bits per heavy atom. The fourth-order valence-electron chi connectivity index (χ4n) is 0.447. The lowest BCUT2D eigenvalue weighted by Gasteiger charge is -2.05. The second kappa shape index (κ2) is 12.8. The van der Waals surface area contributed by atoms with Crippen molar-refractivity contribution in [3.8, 4) is 0 Å². The normalized spacial score (nSPS) is 17.5. The van der Waals surface area contributed by atoms with Gasteiger partial charge in [0, 0.05) is 5.08 Å². The zero-order chi connectivity index (χ0) is 12.2. The number of carbonyl (C=O) groups excluding carboxylic acids is 2. The van der Waals surface area contributed by atoms with Crippen molar-refractivity contribution >= 4 is 79.9 Å². The first kappa shape index (κ1) is 17.3. The lowest BCUT2D eigenvalue weighted by Crippen LogP contribution is -2.09. The molecule has 2 rings (SSSR count). The van der Waals surface area contributed by atoms with Crippen LogP contribution in [0, 0.1) is 0 Å². The number of ketones is 2. The van der Waals surface area contributed by atoms with Gasteiger partial charge in [0.05, 0.1) is 28.4 Å². The van der Waals surface area contributed by atoms with E-state index in [4.69, 9.17) is 23.2 Å². The monoisotopic (exact) mass is 338 g/mol. The molecule has 0 aromatic carbocycles. The van der Waals surface area contributed by atoms with Gasteiger partial charge in [-0.05, 0) is 0 Å². The van der Waals surface area contributed by atoms with E-state index < -0.39 is 0 Å². The molecule has 0 spiro atoms. The molecule has 0 aromatic rings.